The molecule has 9 aromatic carbocycles. The second-order valence-electron chi connectivity index (χ2n) is 16.9. The monoisotopic (exact) mass is 803 g/mol. The Balaban J connectivity index is 1.01. The third kappa shape index (κ3) is 4.56. The van der Waals surface area contributed by atoms with Gasteiger partial charge in [0.1, 0.15) is 24.4 Å². The second kappa shape index (κ2) is 12.9. The molecule has 3 aromatic heterocycles. The van der Waals surface area contributed by atoms with E-state index in [0.717, 1.165) is 50.0 Å². The maximum absolute atomic E-state index is 6.52. The van der Waals surface area contributed by atoms with Gasteiger partial charge in [0.2, 0.25) is 0 Å². The summed E-state index contributed by atoms with van der Waals surface area (Å²) in [5.74, 6) is 0.840. The van der Waals surface area contributed by atoms with Gasteiger partial charge in [0.05, 0.1) is 33.0 Å². The fraction of sp³-hybridized carbons (Fsp3) is 0.0339. The highest BCUT2D eigenvalue weighted by atomic mass is 16.3. The van der Waals surface area contributed by atoms with Gasteiger partial charge in [0, 0.05) is 26.9 Å². The van der Waals surface area contributed by atoms with Crippen LogP contribution in [-0.2, 0) is 12.1 Å². The number of rotatable bonds is 4. The molecule has 14 rings (SSSR count). The Morgan fingerprint density at radius 2 is 0.905 bits per heavy atom. The molecule has 0 saturated carbocycles. The lowest BCUT2D eigenvalue weighted by molar-refractivity contribution is 0.615. The van der Waals surface area contributed by atoms with Crippen molar-refractivity contribution in [2.24, 2.45) is 4.99 Å². The van der Waals surface area contributed by atoms with Crippen molar-refractivity contribution in [2.45, 2.75) is 12.1 Å². The van der Waals surface area contributed by atoms with Crippen molar-refractivity contribution in [3.05, 3.63) is 240 Å². The molecule has 0 unspecified atom stereocenters. The molecular weight excluding hydrogens is 767 g/mol. The molecule has 0 atom stereocenters. The number of furan rings is 1. The predicted octanol–water partition coefficient (Wildman–Crippen LogP) is 14.6. The predicted molar refractivity (Wildman–Crippen MR) is 259 cm³/mol. The first-order valence-corrected chi connectivity index (χ1v) is 21.7. The SMILES string of the molecule is c1ccc2c(c1)-c1ccccc1C21c2ccccc2-c2c(-c3ccc4occ(C(=NCn5c6ccccc6c6ccccc65)n5c6ccccc6c6ccccc65)c4c3)cccc21. The molecule has 0 saturated heterocycles. The van der Waals surface area contributed by atoms with E-state index in [-0.39, 0.29) is 0 Å². The van der Waals surface area contributed by atoms with E-state index in [9.17, 15) is 0 Å². The number of hydrogen-bond donors (Lipinski definition) is 0. The summed E-state index contributed by atoms with van der Waals surface area (Å²) in [7, 11) is 0. The molecule has 0 fully saturated rings. The Kier molecular flexibility index (Phi) is 7.06. The number of hydrogen-bond acceptors (Lipinski definition) is 2. The van der Waals surface area contributed by atoms with Gasteiger partial charge in [-0.15, -0.1) is 0 Å². The molecule has 12 aromatic rings. The van der Waals surface area contributed by atoms with Crippen molar-refractivity contribution in [1.29, 1.82) is 0 Å². The standard InChI is InChI=1S/C59H37N3O/c1-8-24-48-39(16-1)40-17-2-9-25-49(40)59(48)50-26-10-3-22-45(50)57-38(23-15-27-51(57)59)37-32-33-56-46(34-37)47(35-63-56)58(62-54-30-13-6-20-43(54)44-21-7-14-31-55(44)62)60-36-61-52-28-11-4-18-41(52)42-19-5-12-29-53(42)61/h1-35H,36H2. The quantitative estimate of drug-likeness (QED) is 0.129. The summed E-state index contributed by atoms with van der Waals surface area (Å²) in [6.07, 6.45) is 1.91. The molecule has 2 aliphatic rings. The minimum absolute atomic E-state index is 0.413. The van der Waals surface area contributed by atoms with Crippen molar-refractivity contribution < 1.29 is 4.42 Å². The van der Waals surface area contributed by atoms with E-state index in [4.69, 9.17) is 9.41 Å². The van der Waals surface area contributed by atoms with Gasteiger partial charge in [-0.1, -0.05) is 170 Å². The molecule has 0 radical (unpaired) electrons. The number of aliphatic imine (C=N–C) groups is 1. The summed E-state index contributed by atoms with van der Waals surface area (Å²) in [6, 6.07) is 75.3. The zero-order valence-corrected chi connectivity index (χ0v) is 34.2. The van der Waals surface area contributed by atoms with Crippen LogP contribution in [0.25, 0.3) is 88.0 Å². The first-order chi connectivity index (χ1) is 31.3. The van der Waals surface area contributed by atoms with Gasteiger partial charge in [-0.2, -0.15) is 0 Å². The van der Waals surface area contributed by atoms with Crippen molar-refractivity contribution in [3.63, 3.8) is 0 Å². The van der Waals surface area contributed by atoms with Crippen LogP contribution in [0.3, 0.4) is 0 Å². The summed E-state index contributed by atoms with van der Waals surface area (Å²) >= 11 is 0. The van der Waals surface area contributed by atoms with Crippen LogP contribution in [0.4, 0.5) is 0 Å². The zero-order chi connectivity index (χ0) is 41.2. The van der Waals surface area contributed by atoms with Gasteiger partial charge in [-0.25, -0.2) is 4.99 Å². The average Bonchev–Trinajstić information content (AvgIpc) is 4.15. The van der Waals surface area contributed by atoms with Crippen LogP contribution in [-0.4, -0.2) is 15.0 Å². The highest BCUT2D eigenvalue weighted by molar-refractivity contribution is 6.21. The molecular formula is C59H37N3O. The molecule has 4 heteroatoms. The average molecular weight is 804 g/mol. The van der Waals surface area contributed by atoms with Crippen molar-refractivity contribution in [2.75, 3.05) is 0 Å². The Morgan fingerprint density at radius 3 is 1.52 bits per heavy atom. The molecule has 3 heterocycles. The largest absolute Gasteiger partial charge is 0.464 e. The first-order valence-electron chi connectivity index (χ1n) is 21.7. The van der Waals surface area contributed by atoms with Crippen LogP contribution in [0, 0.1) is 0 Å². The Hall–Kier alpha value is -8.21. The summed E-state index contributed by atoms with van der Waals surface area (Å²) in [5.41, 5.74) is 18.7. The third-order valence-electron chi connectivity index (χ3n) is 14.0. The van der Waals surface area contributed by atoms with Gasteiger partial charge < -0.3 is 8.98 Å². The Labute approximate surface area is 363 Å². The molecule has 1 spiro atoms. The highest BCUT2D eigenvalue weighted by Crippen LogP contribution is 2.64. The van der Waals surface area contributed by atoms with Crippen molar-refractivity contribution in [1.82, 2.24) is 9.13 Å². The molecule has 2 aliphatic carbocycles. The molecule has 4 nitrogen and oxygen atoms in total. The van der Waals surface area contributed by atoms with Crippen LogP contribution < -0.4 is 0 Å². The Bertz CT molecular complexity index is 3760. The van der Waals surface area contributed by atoms with E-state index >= 15 is 0 Å². The van der Waals surface area contributed by atoms with Crippen LogP contribution in [0.5, 0.6) is 0 Å². The summed E-state index contributed by atoms with van der Waals surface area (Å²) < 4.78 is 11.2. The second-order valence-corrected chi connectivity index (χ2v) is 16.9. The number of benzene rings is 9. The van der Waals surface area contributed by atoms with Crippen LogP contribution in [0.15, 0.2) is 222 Å². The Morgan fingerprint density at radius 1 is 0.429 bits per heavy atom. The van der Waals surface area contributed by atoms with Crippen molar-refractivity contribution in [3.8, 4) is 33.4 Å². The van der Waals surface area contributed by atoms with E-state index in [2.05, 4.69) is 215 Å². The van der Waals surface area contributed by atoms with Crippen LogP contribution in [0.2, 0.25) is 0 Å². The number of aromatic nitrogens is 2. The van der Waals surface area contributed by atoms with Crippen molar-refractivity contribution >= 4 is 60.4 Å². The van der Waals surface area contributed by atoms with Crippen LogP contribution >= 0.6 is 0 Å². The van der Waals surface area contributed by atoms with Gasteiger partial charge in [0.25, 0.3) is 0 Å². The molecule has 0 N–H and O–H groups in total. The topological polar surface area (TPSA) is 35.4 Å². The van der Waals surface area contributed by atoms with E-state index in [1.165, 1.54) is 71.6 Å². The van der Waals surface area contributed by atoms with E-state index in [1.54, 1.807) is 0 Å². The lowest BCUT2D eigenvalue weighted by Gasteiger charge is -2.30. The molecule has 0 bridgehead atoms. The summed E-state index contributed by atoms with van der Waals surface area (Å²) in [5, 5.41) is 5.85. The third-order valence-corrected chi connectivity index (χ3v) is 14.0. The van der Waals surface area contributed by atoms with Gasteiger partial charge >= 0.3 is 0 Å². The summed E-state index contributed by atoms with van der Waals surface area (Å²) in [4.78, 5) is 5.67. The maximum Gasteiger partial charge on any atom is 0.145 e. The lowest BCUT2D eigenvalue weighted by Crippen LogP contribution is -2.25. The normalized spacial score (nSPS) is 13.7. The fourth-order valence-electron chi connectivity index (χ4n) is 11.5. The minimum atomic E-state index is -0.413. The fourth-order valence-corrected chi connectivity index (χ4v) is 11.5. The number of para-hydroxylation sites is 4. The molecule has 0 aliphatic heterocycles. The van der Waals surface area contributed by atoms with E-state index in [1.807, 2.05) is 6.26 Å². The minimum Gasteiger partial charge on any atom is -0.464 e. The number of nitrogens with zero attached hydrogens (tertiary/aromatic N) is 3. The smallest absolute Gasteiger partial charge is 0.145 e. The van der Waals surface area contributed by atoms with E-state index in [0.29, 0.717) is 6.67 Å². The molecule has 0 amide bonds. The molecule has 294 valence electrons. The first kappa shape index (κ1) is 34.5. The molecule has 63 heavy (non-hydrogen) atoms. The van der Waals surface area contributed by atoms with Crippen LogP contribution in [0.1, 0.15) is 27.8 Å². The lowest BCUT2D eigenvalue weighted by atomic mass is 9.70. The van der Waals surface area contributed by atoms with Gasteiger partial charge in [0.15, 0.2) is 0 Å². The van der Waals surface area contributed by atoms with Gasteiger partial charge in [-0.3, -0.25) is 4.57 Å². The zero-order valence-electron chi connectivity index (χ0n) is 34.2. The number of fused-ring (bicyclic) bond motifs is 17. The summed E-state index contributed by atoms with van der Waals surface area (Å²) in [6.45, 7) is 0.421. The maximum atomic E-state index is 6.52. The van der Waals surface area contributed by atoms with E-state index < -0.39 is 5.41 Å². The van der Waals surface area contributed by atoms with Gasteiger partial charge in [-0.05, 0) is 92.0 Å². The highest BCUT2D eigenvalue weighted by Gasteiger charge is 2.52.